The number of benzene rings is 2. The molecule has 0 saturated carbocycles. The first-order valence-corrected chi connectivity index (χ1v) is 6.42. The molecule has 0 fully saturated rings. The number of carbonyl (C=O) groups is 1. The number of hydrogen-bond donors (Lipinski definition) is 0. The van der Waals surface area contributed by atoms with Crippen molar-refractivity contribution in [3.05, 3.63) is 58.4 Å². The highest BCUT2D eigenvalue weighted by atomic mass is 35.5. The van der Waals surface area contributed by atoms with Crippen molar-refractivity contribution in [2.45, 2.75) is 0 Å². The second-order valence-electron chi connectivity index (χ2n) is 4.32. The predicted molar refractivity (Wildman–Crippen MR) is 72.3 cm³/mol. The lowest BCUT2D eigenvalue weighted by atomic mass is 10.0. The Kier molecular flexibility index (Phi) is 3.32. The van der Waals surface area contributed by atoms with Crippen LogP contribution in [0.2, 0.25) is 5.02 Å². The van der Waals surface area contributed by atoms with E-state index in [1.54, 1.807) is 18.2 Å². The van der Waals surface area contributed by atoms with Crippen LogP contribution in [0, 0.1) is 5.82 Å². The second-order valence-corrected chi connectivity index (χ2v) is 4.72. The smallest absolute Gasteiger partial charge is 0.193 e. The third-order valence-corrected chi connectivity index (χ3v) is 3.29. The summed E-state index contributed by atoms with van der Waals surface area (Å²) in [7, 11) is 0. The maximum Gasteiger partial charge on any atom is 0.193 e. The summed E-state index contributed by atoms with van der Waals surface area (Å²) in [5.41, 5.74) is 0.652. The molecule has 3 rings (SSSR count). The number of rotatable bonds is 2. The van der Waals surface area contributed by atoms with Gasteiger partial charge in [0.1, 0.15) is 19.0 Å². The fourth-order valence-electron chi connectivity index (χ4n) is 1.99. The molecule has 0 bridgehead atoms. The largest absolute Gasteiger partial charge is 0.486 e. The van der Waals surface area contributed by atoms with Gasteiger partial charge in [-0.3, -0.25) is 4.79 Å². The lowest BCUT2D eigenvalue weighted by Gasteiger charge is -2.18. The summed E-state index contributed by atoms with van der Waals surface area (Å²) in [6.07, 6.45) is 0. The normalized spacial score (nSPS) is 13.1. The third kappa shape index (κ3) is 2.34. The van der Waals surface area contributed by atoms with Gasteiger partial charge in [-0.1, -0.05) is 11.6 Å². The van der Waals surface area contributed by atoms with E-state index in [-0.39, 0.29) is 16.4 Å². The standard InChI is InChI=1S/C15H10ClFO3/c16-11-3-1-9(7-12(11)17)15(18)10-2-4-13-14(8-10)20-6-5-19-13/h1-4,7-8H,5-6H2. The van der Waals surface area contributed by atoms with E-state index in [1.165, 1.54) is 12.1 Å². The first-order chi connectivity index (χ1) is 9.65. The molecular formula is C15H10ClFO3. The molecule has 1 aliphatic rings. The first-order valence-electron chi connectivity index (χ1n) is 6.04. The van der Waals surface area contributed by atoms with Crippen molar-refractivity contribution in [2.24, 2.45) is 0 Å². The third-order valence-electron chi connectivity index (χ3n) is 2.99. The lowest BCUT2D eigenvalue weighted by molar-refractivity contribution is 0.103. The summed E-state index contributed by atoms with van der Waals surface area (Å²) >= 11 is 5.60. The maximum atomic E-state index is 13.4. The van der Waals surface area contributed by atoms with Gasteiger partial charge in [-0.15, -0.1) is 0 Å². The van der Waals surface area contributed by atoms with E-state index >= 15 is 0 Å². The minimum absolute atomic E-state index is 0.0104. The molecule has 2 aromatic carbocycles. The van der Waals surface area contributed by atoms with E-state index in [4.69, 9.17) is 21.1 Å². The zero-order chi connectivity index (χ0) is 14.1. The van der Waals surface area contributed by atoms with Gasteiger partial charge in [-0.2, -0.15) is 0 Å². The molecule has 3 nitrogen and oxygen atoms in total. The van der Waals surface area contributed by atoms with Gasteiger partial charge in [0.25, 0.3) is 0 Å². The number of ether oxygens (including phenoxy) is 2. The Balaban J connectivity index is 1.95. The molecule has 0 amide bonds. The zero-order valence-corrected chi connectivity index (χ0v) is 11.1. The van der Waals surface area contributed by atoms with Crippen molar-refractivity contribution in [1.82, 2.24) is 0 Å². The Morgan fingerprint density at radius 2 is 1.65 bits per heavy atom. The van der Waals surface area contributed by atoms with Crippen molar-refractivity contribution in [3.8, 4) is 11.5 Å². The Labute approximate surface area is 119 Å². The fraction of sp³-hybridized carbons (Fsp3) is 0.133. The van der Waals surface area contributed by atoms with Gasteiger partial charge in [-0.25, -0.2) is 4.39 Å². The summed E-state index contributed by atoms with van der Waals surface area (Å²) in [4.78, 5) is 12.3. The topological polar surface area (TPSA) is 35.5 Å². The number of halogens is 2. The van der Waals surface area contributed by atoms with Crippen LogP contribution in [-0.2, 0) is 0 Å². The number of hydrogen-bond acceptors (Lipinski definition) is 3. The number of fused-ring (bicyclic) bond motifs is 1. The summed E-state index contributed by atoms with van der Waals surface area (Å²) in [5.74, 6) is 0.222. The Bertz CT molecular complexity index is 685. The molecule has 102 valence electrons. The van der Waals surface area contributed by atoms with E-state index in [2.05, 4.69) is 0 Å². The Hall–Kier alpha value is -2.07. The molecule has 1 aliphatic heterocycles. The second kappa shape index (κ2) is 5.13. The molecule has 0 saturated heterocycles. The monoisotopic (exact) mass is 292 g/mol. The summed E-state index contributed by atoms with van der Waals surface area (Å²) < 4.78 is 24.2. The van der Waals surface area contributed by atoms with Crippen LogP contribution in [0.4, 0.5) is 4.39 Å². The average Bonchev–Trinajstić information content (AvgIpc) is 2.49. The van der Waals surface area contributed by atoms with Crippen LogP contribution in [0.1, 0.15) is 15.9 Å². The van der Waals surface area contributed by atoms with Crippen molar-refractivity contribution >= 4 is 17.4 Å². The minimum Gasteiger partial charge on any atom is -0.486 e. The molecule has 0 aromatic heterocycles. The van der Waals surface area contributed by atoms with Crippen LogP contribution in [0.3, 0.4) is 0 Å². The molecular weight excluding hydrogens is 283 g/mol. The van der Waals surface area contributed by atoms with Crippen LogP contribution in [0.25, 0.3) is 0 Å². The van der Waals surface area contributed by atoms with E-state index in [9.17, 15) is 9.18 Å². The maximum absolute atomic E-state index is 13.4. The zero-order valence-electron chi connectivity index (χ0n) is 10.4. The summed E-state index contributed by atoms with van der Waals surface area (Å²) in [6.45, 7) is 0.933. The summed E-state index contributed by atoms with van der Waals surface area (Å²) in [6, 6.07) is 8.88. The van der Waals surface area contributed by atoms with Crippen molar-refractivity contribution in [1.29, 1.82) is 0 Å². The van der Waals surface area contributed by atoms with E-state index in [0.29, 0.717) is 30.3 Å². The van der Waals surface area contributed by atoms with E-state index < -0.39 is 5.82 Å². The summed E-state index contributed by atoms with van der Waals surface area (Å²) in [5, 5.41) is -0.0104. The molecule has 5 heteroatoms. The molecule has 2 aromatic rings. The van der Waals surface area contributed by atoms with Crippen molar-refractivity contribution in [2.75, 3.05) is 13.2 Å². The quantitative estimate of drug-likeness (QED) is 0.795. The van der Waals surface area contributed by atoms with Crippen LogP contribution >= 0.6 is 11.6 Å². The molecule has 1 heterocycles. The number of carbonyl (C=O) groups excluding carboxylic acids is 1. The molecule has 0 N–H and O–H groups in total. The molecule has 0 unspecified atom stereocenters. The highest BCUT2D eigenvalue weighted by Gasteiger charge is 2.16. The van der Waals surface area contributed by atoms with Crippen molar-refractivity contribution < 1.29 is 18.7 Å². The van der Waals surface area contributed by atoms with Gasteiger partial charge in [0, 0.05) is 11.1 Å². The average molecular weight is 293 g/mol. The SMILES string of the molecule is O=C(c1ccc(Cl)c(F)c1)c1ccc2c(c1)OCCO2. The van der Waals surface area contributed by atoms with E-state index in [0.717, 1.165) is 6.07 Å². The highest BCUT2D eigenvalue weighted by Crippen LogP contribution is 2.31. The number of ketones is 1. The predicted octanol–water partition coefficient (Wildman–Crippen LogP) is 3.48. The van der Waals surface area contributed by atoms with Gasteiger partial charge in [0.2, 0.25) is 0 Å². The van der Waals surface area contributed by atoms with Gasteiger partial charge < -0.3 is 9.47 Å². The van der Waals surface area contributed by atoms with Gasteiger partial charge >= 0.3 is 0 Å². The van der Waals surface area contributed by atoms with Crippen LogP contribution in [0.5, 0.6) is 11.5 Å². The fourth-order valence-corrected chi connectivity index (χ4v) is 2.11. The van der Waals surface area contributed by atoms with Crippen molar-refractivity contribution in [3.63, 3.8) is 0 Å². The van der Waals surface area contributed by atoms with Gasteiger partial charge in [-0.05, 0) is 36.4 Å². The first kappa shape index (κ1) is 12.9. The minimum atomic E-state index is -0.616. The van der Waals surface area contributed by atoms with Crippen LogP contribution in [0.15, 0.2) is 36.4 Å². The van der Waals surface area contributed by atoms with Crippen LogP contribution < -0.4 is 9.47 Å². The van der Waals surface area contributed by atoms with E-state index in [1.807, 2.05) is 0 Å². The molecule has 0 atom stereocenters. The molecule has 0 radical (unpaired) electrons. The van der Waals surface area contributed by atoms with Gasteiger partial charge in [0.05, 0.1) is 5.02 Å². The van der Waals surface area contributed by atoms with Crippen LogP contribution in [-0.4, -0.2) is 19.0 Å². The Morgan fingerprint density at radius 1 is 1.00 bits per heavy atom. The molecule has 0 aliphatic carbocycles. The lowest BCUT2D eigenvalue weighted by Crippen LogP contribution is -2.15. The molecule has 0 spiro atoms. The Morgan fingerprint density at radius 3 is 2.40 bits per heavy atom. The highest BCUT2D eigenvalue weighted by molar-refractivity contribution is 6.30. The van der Waals surface area contributed by atoms with Gasteiger partial charge in [0.15, 0.2) is 17.3 Å². The molecule has 20 heavy (non-hydrogen) atoms.